The first kappa shape index (κ1) is 11.6. The van der Waals surface area contributed by atoms with Crippen molar-refractivity contribution in [3.8, 4) is 0 Å². The van der Waals surface area contributed by atoms with Gasteiger partial charge in [0.05, 0.1) is 5.69 Å². The summed E-state index contributed by atoms with van der Waals surface area (Å²) in [4.78, 5) is 0. The van der Waals surface area contributed by atoms with Crippen molar-refractivity contribution in [1.29, 1.82) is 0 Å². The fraction of sp³-hybridized carbons (Fsp3) is 0.769. The van der Waals surface area contributed by atoms with Gasteiger partial charge in [0.1, 0.15) is 5.60 Å². The van der Waals surface area contributed by atoms with E-state index in [2.05, 4.69) is 12.0 Å². The highest BCUT2D eigenvalue weighted by molar-refractivity contribution is 5.11. The Kier molecular flexibility index (Phi) is 3.33. The molecule has 1 aromatic rings. The normalized spacial score (nSPS) is 31.3. The van der Waals surface area contributed by atoms with E-state index in [1.807, 2.05) is 19.3 Å². The summed E-state index contributed by atoms with van der Waals surface area (Å²) in [7, 11) is 1.90. The molecule has 2 atom stereocenters. The fourth-order valence-corrected chi connectivity index (χ4v) is 2.72. The molecule has 0 aromatic carbocycles. The molecule has 0 amide bonds. The van der Waals surface area contributed by atoms with Crippen LogP contribution in [-0.2, 0) is 12.6 Å². The monoisotopic (exact) mass is 222 g/mol. The van der Waals surface area contributed by atoms with E-state index in [-0.39, 0.29) is 0 Å². The lowest BCUT2D eigenvalue weighted by Crippen LogP contribution is -2.25. The maximum Gasteiger partial charge on any atom is 0.108 e. The van der Waals surface area contributed by atoms with Crippen LogP contribution in [0.5, 0.6) is 0 Å². The van der Waals surface area contributed by atoms with E-state index in [9.17, 15) is 5.11 Å². The summed E-state index contributed by atoms with van der Waals surface area (Å²) in [5, 5.41) is 15.0. The predicted molar refractivity (Wildman–Crippen MR) is 64.0 cm³/mol. The lowest BCUT2D eigenvalue weighted by atomic mass is 9.90. The molecule has 1 aliphatic rings. The van der Waals surface area contributed by atoms with Gasteiger partial charge >= 0.3 is 0 Å². The van der Waals surface area contributed by atoms with E-state index in [0.717, 1.165) is 37.3 Å². The summed E-state index contributed by atoms with van der Waals surface area (Å²) < 4.78 is 1.77. The molecule has 3 nitrogen and oxygen atoms in total. The third kappa shape index (κ3) is 2.29. The maximum atomic E-state index is 10.7. The van der Waals surface area contributed by atoms with Crippen molar-refractivity contribution in [2.45, 2.75) is 51.0 Å². The molecule has 0 spiro atoms. The Morgan fingerprint density at radius 1 is 1.50 bits per heavy atom. The van der Waals surface area contributed by atoms with Gasteiger partial charge in [-0.3, -0.25) is 4.68 Å². The van der Waals surface area contributed by atoms with Gasteiger partial charge < -0.3 is 5.11 Å². The van der Waals surface area contributed by atoms with E-state index in [1.165, 1.54) is 12.8 Å². The molecular formula is C13H22N2O. The highest BCUT2D eigenvalue weighted by Gasteiger charge is 2.34. The third-order valence-electron chi connectivity index (χ3n) is 3.94. The van der Waals surface area contributed by atoms with E-state index in [0.29, 0.717) is 0 Å². The number of hydrogen-bond acceptors (Lipinski definition) is 2. The number of nitrogens with zero attached hydrogens (tertiary/aromatic N) is 2. The van der Waals surface area contributed by atoms with Crippen molar-refractivity contribution in [3.63, 3.8) is 0 Å². The second-order valence-corrected chi connectivity index (χ2v) is 5.11. The van der Waals surface area contributed by atoms with Crippen LogP contribution in [0.4, 0.5) is 0 Å². The lowest BCUT2D eigenvalue weighted by molar-refractivity contribution is 0.0148. The van der Waals surface area contributed by atoms with Gasteiger partial charge in [0, 0.05) is 13.2 Å². The molecule has 0 radical (unpaired) electrons. The minimum Gasteiger partial charge on any atom is -0.383 e. The molecule has 0 saturated heterocycles. The average molecular weight is 222 g/mol. The van der Waals surface area contributed by atoms with Crippen molar-refractivity contribution in [3.05, 3.63) is 18.0 Å². The summed E-state index contributed by atoms with van der Waals surface area (Å²) >= 11 is 0. The minimum absolute atomic E-state index is 0.675. The van der Waals surface area contributed by atoms with Gasteiger partial charge in [-0.15, -0.1) is 0 Å². The van der Waals surface area contributed by atoms with Gasteiger partial charge in [-0.25, -0.2) is 0 Å². The van der Waals surface area contributed by atoms with Gasteiger partial charge in [-0.2, -0.15) is 5.10 Å². The van der Waals surface area contributed by atoms with Gasteiger partial charge in [-0.1, -0.05) is 19.8 Å². The summed E-state index contributed by atoms with van der Waals surface area (Å²) in [6.07, 6.45) is 8.37. The Morgan fingerprint density at radius 3 is 2.94 bits per heavy atom. The number of aliphatic hydroxyl groups is 1. The molecule has 1 aromatic heterocycles. The molecule has 16 heavy (non-hydrogen) atoms. The molecule has 2 unspecified atom stereocenters. The molecular weight excluding hydrogens is 200 g/mol. The van der Waals surface area contributed by atoms with Crippen LogP contribution in [0.15, 0.2) is 12.3 Å². The maximum absolute atomic E-state index is 10.7. The molecule has 3 heteroatoms. The molecule has 1 saturated carbocycles. The smallest absolute Gasteiger partial charge is 0.108 e. The van der Waals surface area contributed by atoms with Crippen LogP contribution >= 0.6 is 0 Å². The Hall–Kier alpha value is -0.830. The largest absolute Gasteiger partial charge is 0.383 e. The number of aryl methyl sites for hydroxylation is 1. The SMILES string of the molecule is CCC1CCCC(O)(c2ccn(C)n2)CC1. The summed E-state index contributed by atoms with van der Waals surface area (Å²) in [6.45, 7) is 2.25. The van der Waals surface area contributed by atoms with Crippen molar-refractivity contribution in [2.24, 2.45) is 13.0 Å². The summed E-state index contributed by atoms with van der Waals surface area (Å²) in [5.41, 5.74) is 0.178. The first-order valence-electron chi connectivity index (χ1n) is 6.36. The number of rotatable bonds is 2. The van der Waals surface area contributed by atoms with Crippen LogP contribution in [0.1, 0.15) is 51.1 Å². The highest BCUT2D eigenvalue weighted by Crippen LogP contribution is 2.37. The quantitative estimate of drug-likeness (QED) is 0.781. The van der Waals surface area contributed by atoms with Crippen LogP contribution in [0, 0.1) is 5.92 Å². The Labute approximate surface area is 97.5 Å². The van der Waals surface area contributed by atoms with E-state index in [4.69, 9.17) is 0 Å². The summed E-state index contributed by atoms with van der Waals surface area (Å²) in [6, 6.07) is 1.95. The summed E-state index contributed by atoms with van der Waals surface area (Å²) in [5.74, 6) is 0.790. The van der Waals surface area contributed by atoms with Crippen molar-refractivity contribution >= 4 is 0 Å². The second kappa shape index (κ2) is 4.58. The van der Waals surface area contributed by atoms with E-state index in [1.54, 1.807) is 4.68 Å². The third-order valence-corrected chi connectivity index (χ3v) is 3.94. The van der Waals surface area contributed by atoms with Crippen molar-refractivity contribution in [2.75, 3.05) is 0 Å². The van der Waals surface area contributed by atoms with E-state index >= 15 is 0 Å². The average Bonchev–Trinajstić information content (AvgIpc) is 2.61. The first-order valence-corrected chi connectivity index (χ1v) is 6.36. The zero-order valence-corrected chi connectivity index (χ0v) is 10.3. The molecule has 0 bridgehead atoms. The van der Waals surface area contributed by atoms with Crippen molar-refractivity contribution < 1.29 is 5.11 Å². The fourth-order valence-electron chi connectivity index (χ4n) is 2.72. The predicted octanol–water partition coefficient (Wildman–Crippen LogP) is 2.60. The molecule has 0 aliphatic heterocycles. The Balaban J connectivity index is 2.13. The van der Waals surface area contributed by atoms with Gasteiger partial charge in [-0.05, 0) is 37.7 Å². The topological polar surface area (TPSA) is 38.0 Å². The van der Waals surface area contributed by atoms with Crippen LogP contribution < -0.4 is 0 Å². The molecule has 1 fully saturated rings. The van der Waals surface area contributed by atoms with Crippen LogP contribution in [0.25, 0.3) is 0 Å². The highest BCUT2D eigenvalue weighted by atomic mass is 16.3. The van der Waals surface area contributed by atoms with Crippen LogP contribution in [0.2, 0.25) is 0 Å². The molecule has 2 rings (SSSR count). The Bertz CT molecular complexity index is 347. The second-order valence-electron chi connectivity index (χ2n) is 5.11. The van der Waals surface area contributed by atoms with Gasteiger partial charge in [0.2, 0.25) is 0 Å². The van der Waals surface area contributed by atoms with Gasteiger partial charge in [0.25, 0.3) is 0 Å². The standard InChI is InChI=1S/C13H22N2O/c1-3-11-5-4-8-13(16,9-6-11)12-7-10-15(2)14-12/h7,10-11,16H,3-6,8-9H2,1-2H3. The number of aromatic nitrogens is 2. The Morgan fingerprint density at radius 2 is 2.31 bits per heavy atom. The molecule has 1 N–H and O–H groups in total. The zero-order valence-electron chi connectivity index (χ0n) is 10.3. The molecule has 1 heterocycles. The van der Waals surface area contributed by atoms with Crippen LogP contribution in [-0.4, -0.2) is 14.9 Å². The lowest BCUT2D eigenvalue weighted by Gasteiger charge is -2.24. The molecule has 1 aliphatic carbocycles. The number of hydrogen-bond donors (Lipinski definition) is 1. The first-order chi connectivity index (χ1) is 7.64. The van der Waals surface area contributed by atoms with Crippen molar-refractivity contribution in [1.82, 2.24) is 9.78 Å². The van der Waals surface area contributed by atoms with Crippen LogP contribution in [0.3, 0.4) is 0 Å². The van der Waals surface area contributed by atoms with Gasteiger partial charge in [0.15, 0.2) is 0 Å². The molecule has 90 valence electrons. The zero-order chi connectivity index (χ0) is 11.6. The van der Waals surface area contributed by atoms with E-state index < -0.39 is 5.60 Å². The minimum atomic E-state index is -0.675.